The van der Waals surface area contributed by atoms with Crippen LogP contribution in [0.25, 0.3) is 0 Å². The summed E-state index contributed by atoms with van der Waals surface area (Å²) in [6.07, 6.45) is 0. The van der Waals surface area contributed by atoms with Crippen molar-refractivity contribution in [2.75, 3.05) is 23.3 Å². The third kappa shape index (κ3) is 1.73. The lowest BCUT2D eigenvalue weighted by atomic mass is 10.1. The molecular formula is C11H15BrN2. The van der Waals surface area contributed by atoms with Crippen molar-refractivity contribution >= 4 is 27.3 Å². The molecule has 76 valence electrons. The van der Waals surface area contributed by atoms with Gasteiger partial charge in [0.2, 0.25) is 0 Å². The number of rotatable bonds is 1. The number of anilines is 2. The van der Waals surface area contributed by atoms with E-state index < -0.39 is 0 Å². The average molecular weight is 255 g/mol. The van der Waals surface area contributed by atoms with E-state index in [0.717, 1.165) is 17.6 Å². The van der Waals surface area contributed by atoms with Crippen molar-refractivity contribution in [1.82, 2.24) is 0 Å². The van der Waals surface area contributed by atoms with E-state index in [1.54, 1.807) is 0 Å². The molecule has 0 aliphatic carbocycles. The molecule has 2 nitrogen and oxygen atoms in total. The Morgan fingerprint density at radius 1 is 1.43 bits per heavy atom. The first-order chi connectivity index (χ1) is 6.68. The Balaban J connectivity index is 2.41. The van der Waals surface area contributed by atoms with Gasteiger partial charge < -0.3 is 10.2 Å². The summed E-state index contributed by atoms with van der Waals surface area (Å²) in [5, 5.41) is 3.41. The molecule has 0 spiro atoms. The Bertz CT molecular complexity index is 336. The molecule has 1 N–H and O–H groups in total. The van der Waals surface area contributed by atoms with Gasteiger partial charge in [-0.05, 0) is 32.0 Å². The maximum absolute atomic E-state index is 3.51. The minimum atomic E-state index is 0.560. The number of hydrogen-bond donors (Lipinski definition) is 1. The maximum Gasteiger partial charge on any atom is 0.0616 e. The van der Waals surface area contributed by atoms with E-state index in [1.165, 1.54) is 11.4 Å². The summed E-state index contributed by atoms with van der Waals surface area (Å²) < 4.78 is 1.14. The smallest absolute Gasteiger partial charge is 0.0616 e. The third-order valence-corrected chi connectivity index (χ3v) is 3.05. The zero-order chi connectivity index (χ0) is 10.1. The summed E-state index contributed by atoms with van der Waals surface area (Å²) in [7, 11) is 0. The normalized spacial score (nSPS) is 15.3. The molecule has 2 rings (SSSR count). The summed E-state index contributed by atoms with van der Waals surface area (Å²) in [6.45, 7) is 6.58. The highest BCUT2D eigenvalue weighted by atomic mass is 79.9. The van der Waals surface area contributed by atoms with Crippen LogP contribution in [0.5, 0.6) is 0 Å². The lowest BCUT2D eigenvalue weighted by molar-refractivity contribution is 0.681. The third-order valence-electron chi connectivity index (χ3n) is 2.56. The summed E-state index contributed by atoms with van der Waals surface area (Å²) in [4.78, 5) is 2.43. The van der Waals surface area contributed by atoms with Crippen molar-refractivity contribution in [3.05, 3.63) is 22.7 Å². The van der Waals surface area contributed by atoms with Gasteiger partial charge in [0.05, 0.1) is 11.4 Å². The van der Waals surface area contributed by atoms with E-state index >= 15 is 0 Å². The monoisotopic (exact) mass is 254 g/mol. The second kappa shape index (κ2) is 3.81. The average Bonchev–Trinajstić information content (AvgIpc) is 2.16. The molecule has 0 radical (unpaired) electrons. The van der Waals surface area contributed by atoms with E-state index in [0.29, 0.717) is 6.04 Å². The second-order valence-corrected chi connectivity index (χ2v) is 4.79. The fourth-order valence-electron chi connectivity index (χ4n) is 1.86. The van der Waals surface area contributed by atoms with Gasteiger partial charge in [-0.3, -0.25) is 0 Å². The number of nitrogens with one attached hydrogen (secondary N) is 1. The van der Waals surface area contributed by atoms with Gasteiger partial charge >= 0.3 is 0 Å². The van der Waals surface area contributed by atoms with Crippen molar-refractivity contribution in [1.29, 1.82) is 0 Å². The van der Waals surface area contributed by atoms with Crippen molar-refractivity contribution in [2.45, 2.75) is 19.9 Å². The van der Waals surface area contributed by atoms with Crippen LogP contribution >= 0.6 is 15.9 Å². The number of halogens is 1. The summed E-state index contributed by atoms with van der Waals surface area (Å²) >= 11 is 3.51. The lowest BCUT2D eigenvalue weighted by Gasteiger charge is -2.35. The Labute approximate surface area is 93.4 Å². The molecule has 0 fully saturated rings. The largest absolute Gasteiger partial charge is 0.382 e. The molecule has 0 aromatic heterocycles. The molecule has 1 aromatic carbocycles. The standard InChI is InChI=1S/C11H15BrN2/c1-8(2)14-6-5-13-10-4-3-9(12)7-11(10)14/h3-4,7-8,13H,5-6H2,1-2H3. The van der Waals surface area contributed by atoms with Gasteiger partial charge in [0.1, 0.15) is 0 Å². The minimum absolute atomic E-state index is 0.560. The number of benzene rings is 1. The molecule has 1 heterocycles. The molecule has 1 aromatic rings. The molecule has 1 aliphatic heterocycles. The Morgan fingerprint density at radius 3 is 2.93 bits per heavy atom. The van der Waals surface area contributed by atoms with Crippen LogP contribution in [0.3, 0.4) is 0 Å². The van der Waals surface area contributed by atoms with E-state index in [-0.39, 0.29) is 0 Å². The fraction of sp³-hybridized carbons (Fsp3) is 0.455. The molecule has 0 unspecified atom stereocenters. The zero-order valence-electron chi connectivity index (χ0n) is 8.55. The molecule has 0 amide bonds. The highest BCUT2D eigenvalue weighted by molar-refractivity contribution is 9.10. The Morgan fingerprint density at radius 2 is 2.21 bits per heavy atom. The molecule has 3 heteroatoms. The van der Waals surface area contributed by atoms with E-state index in [9.17, 15) is 0 Å². The highest BCUT2D eigenvalue weighted by Gasteiger charge is 2.18. The Kier molecular flexibility index (Phi) is 2.68. The Hall–Kier alpha value is -0.700. The first-order valence-corrected chi connectivity index (χ1v) is 5.78. The molecule has 0 bridgehead atoms. The predicted octanol–water partition coefficient (Wildman–Crippen LogP) is 3.09. The predicted molar refractivity (Wildman–Crippen MR) is 65.1 cm³/mol. The van der Waals surface area contributed by atoms with E-state index in [1.807, 2.05) is 0 Å². The van der Waals surface area contributed by atoms with Gasteiger partial charge in [-0.2, -0.15) is 0 Å². The van der Waals surface area contributed by atoms with Crippen LogP contribution in [0.15, 0.2) is 22.7 Å². The van der Waals surface area contributed by atoms with Crippen LogP contribution in [0.2, 0.25) is 0 Å². The van der Waals surface area contributed by atoms with Crippen LogP contribution in [0, 0.1) is 0 Å². The van der Waals surface area contributed by atoms with Crippen molar-refractivity contribution in [3.8, 4) is 0 Å². The molecule has 1 aliphatic rings. The van der Waals surface area contributed by atoms with Crippen LogP contribution < -0.4 is 10.2 Å². The van der Waals surface area contributed by atoms with Crippen LogP contribution in [0.4, 0.5) is 11.4 Å². The van der Waals surface area contributed by atoms with Gasteiger partial charge in [0.15, 0.2) is 0 Å². The summed E-state index contributed by atoms with van der Waals surface area (Å²) in [5.74, 6) is 0. The van der Waals surface area contributed by atoms with Crippen molar-refractivity contribution in [3.63, 3.8) is 0 Å². The maximum atomic E-state index is 3.51. The van der Waals surface area contributed by atoms with Gasteiger partial charge in [-0.25, -0.2) is 0 Å². The van der Waals surface area contributed by atoms with Gasteiger partial charge in [0, 0.05) is 23.6 Å². The zero-order valence-corrected chi connectivity index (χ0v) is 10.1. The topological polar surface area (TPSA) is 15.3 Å². The van der Waals surface area contributed by atoms with E-state index in [4.69, 9.17) is 0 Å². The van der Waals surface area contributed by atoms with Gasteiger partial charge in [0.25, 0.3) is 0 Å². The highest BCUT2D eigenvalue weighted by Crippen LogP contribution is 2.32. The number of nitrogens with zero attached hydrogens (tertiary/aromatic N) is 1. The van der Waals surface area contributed by atoms with Crippen molar-refractivity contribution < 1.29 is 0 Å². The second-order valence-electron chi connectivity index (χ2n) is 3.88. The lowest BCUT2D eigenvalue weighted by Crippen LogP contribution is -2.38. The van der Waals surface area contributed by atoms with Crippen LogP contribution in [-0.4, -0.2) is 19.1 Å². The fourth-order valence-corrected chi connectivity index (χ4v) is 2.21. The molecule has 14 heavy (non-hydrogen) atoms. The van der Waals surface area contributed by atoms with Crippen LogP contribution in [0.1, 0.15) is 13.8 Å². The summed E-state index contributed by atoms with van der Waals surface area (Å²) in [6, 6.07) is 6.95. The number of fused-ring (bicyclic) bond motifs is 1. The van der Waals surface area contributed by atoms with Gasteiger partial charge in [-0.1, -0.05) is 15.9 Å². The first-order valence-electron chi connectivity index (χ1n) is 4.98. The first kappa shape index (κ1) is 9.84. The van der Waals surface area contributed by atoms with Gasteiger partial charge in [-0.15, -0.1) is 0 Å². The van der Waals surface area contributed by atoms with E-state index in [2.05, 4.69) is 58.2 Å². The molecule has 0 atom stereocenters. The quantitative estimate of drug-likeness (QED) is 0.829. The number of hydrogen-bond acceptors (Lipinski definition) is 2. The van der Waals surface area contributed by atoms with Crippen molar-refractivity contribution in [2.24, 2.45) is 0 Å². The molecule has 0 saturated carbocycles. The SMILES string of the molecule is CC(C)N1CCNc2ccc(Br)cc21. The molecule has 0 saturated heterocycles. The summed E-state index contributed by atoms with van der Waals surface area (Å²) in [5.41, 5.74) is 2.55. The minimum Gasteiger partial charge on any atom is -0.382 e. The van der Waals surface area contributed by atoms with Crippen LogP contribution in [-0.2, 0) is 0 Å². The molecular weight excluding hydrogens is 240 g/mol.